The van der Waals surface area contributed by atoms with Gasteiger partial charge in [0.05, 0.1) is 5.52 Å². The Morgan fingerprint density at radius 1 is 1.20 bits per heavy atom. The molecule has 8 nitrogen and oxygen atoms in total. The number of hydrogen-bond acceptors (Lipinski definition) is 4. The van der Waals surface area contributed by atoms with Crippen molar-refractivity contribution < 1.29 is 9.59 Å². The molecule has 0 spiro atoms. The van der Waals surface area contributed by atoms with Gasteiger partial charge >= 0.3 is 5.69 Å². The van der Waals surface area contributed by atoms with Crippen LogP contribution in [0.1, 0.15) is 24.3 Å². The number of carbonyl (C=O) groups is 2. The van der Waals surface area contributed by atoms with Crippen LogP contribution >= 0.6 is 0 Å². The fourth-order valence-corrected chi connectivity index (χ4v) is 2.93. The molecule has 8 heteroatoms. The summed E-state index contributed by atoms with van der Waals surface area (Å²) in [6.07, 6.45) is 1.31. The zero-order valence-electron chi connectivity index (χ0n) is 14.1. The monoisotopic (exact) mass is 341 g/mol. The Morgan fingerprint density at radius 2 is 1.88 bits per heavy atom. The van der Waals surface area contributed by atoms with Gasteiger partial charge in [-0.05, 0) is 26.0 Å². The Bertz CT molecular complexity index is 1030. The van der Waals surface area contributed by atoms with Gasteiger partial charge in [-0.3, -0.25) is 14.2 Å². The topological polar surface area (TPSA) is 103 Å². The molecule has 0 bridgehead atoms. The van der Waals surface area contributed by atoms with Crippen molar-refractivity contribution in [2.75, 3.05) is 13.1 Å². The molecule has 2 aromatic heterocycles. The summed E-state index contributed by atoms with van der Waals surface area (Å²) >= 11 is 0. The molecule has 0 aliphatic heterocycles. The van der Waals surface area contributed by atoms with Gasteiger partial charge in [-0.15, -0.1) is 0 Å². The van der Waals surface area contributed by atoms with Crippen molar-refractivity contribution in [2.45, 2.75) is 20.4 Å². The van der Waals surface area contributed by atoms with E-state index in [-0.39, 0.29) is 18.1 Å². The second-order valence-electron chi connectivity index (χ2n) is 5.64. The predicted molar refractivity (Wildman–Crippen MR) is 93.4 cm³/mol. The van der Waals surface area contributed by atoms with Crippen molar-refractivity contribution in [3.63, 3.8) is 0 Å². The summed E-state index contributed by atoms with van der Waals surface area (Å²) in [5.41, 5.74) is 5.79. The predicted octanol–water partition coefficient (Wildman–Crippen LogP) is 0.617. The lowest BCUT2D eigenvalue weighted by Crippen LogP contribution is -2.37. The number of benzene rings is 1. The largest absolute Gasteiger partial charge is 0.364 e. The first-order valence-electron chi connectivity index (χ1n) is 8.06. The van der Waals surface area contributed by atoms with Crippen molar-refractivity contribution in [2.24, 2.45) is 5.73 Å². The van der Waals surface area contributed by atoms with Gasteiger partial charge < -0.3 is 10.6 Å². The van der Waals surface area contributed by atoms with E-state index in [2.05, 4.69) is 4.98 Å². The summed E-state index contributed by atoms with van der Waals surface area (Å²) in [5, 5.41) is 0.668. The molecule has 0 aliphatic carbocycles. The van der Waals surface area contributed by atoms with Gasteiger partial charge in [0.15, 0.2) is 5.65 Å². The molecular weight excluding hydrogens is 322 g/mol. The molecule has 0 fully saturated rings. The summed E-state index contributed by atoms with van der Waals surface area (Å²) in [4.78, 5) is 42.6. The zero-order valence-corrected chi connectivity index (χ0v) is 14.1. The highest BCUT2D eigenvalue weighted by molar-refractivity contribution is 5.96. The molecule has 0 radical (unpaired) electrons. The number of para-hydroxylation sites is 1. The molecule has 0 saturated heterocycles. The Labute approximate surface area is 143 Å². The smallest absolute Gasteiger partial charge is 0.334 e. The average Bonchev–Trinajstić information content (AvgIpc) is 3.06. The van der Waals surface area contributed by atoms with E-state index in [1.807, 2.05) is 19.9 Å². The minimum atomic E-state index is -0.710. The van der Waals surface area contributed by atoms with Gasteiger partial charge in [0, 0.05) is 24.7 Å². The highest BCUT2D eigenvalue weighted by Crippen LogP contribution is 2.18. The first kappa shape index (κ1) is 16.7. The molecule has 2 amide bonds. The fraction of sp³-hybridized carbons (Fsp3) is 0.294. The summed E-state index contributed by atoms with van der Waals surface area (Å²) < 4.78 is 2.66. The van der Waals surface area contributed by atoms with Crippen LogP contribution in [0.15, 0.2) is 35.3 Å². The van der Waals surface area contributed by atoms with E-state index in [0.717, 1.165) is 0 Å². The molecule has 0 atom stereocenters. The Kier molecular flexibility index (Phi) is 4.26. The third-order valence-corrected chi connectivity index (χ3v) is 4.24. The van der Waals surface area contributed by atoms with Gasteiger partial charge in [0.1, 0.15) is 12.2 Å². The van der Waals surface area contributed by atoms with Crippen LogP contribution in [-0.4, -0.2) is 43.8 Å². The second-order valence-corrected chi connectivity index (χ2v) is 5.64. The van der Waals surface area contributed by atoms with Crippen LogP contribution < -0.4 is 11.4 Å². The van der Waals surface area contributed by atoms with E-state index < -0.39 is 11.6 Å². The molecule has 25 heavy (non-hydrogen) atoms. The maximum atomic E-state index is 12.9. The summed E-state index contributed by atoms with van der Waals surface area (Å²) in [5.74, 6) is -0.857. The number of hydrogen-bond donors (Lipinski definition) is 1. The number of rotatable bonds is 5. The first-order valence-corrected chi connectivity index (χ1v) is 8.06. The van der Waals surface area contributed by atoms with Crippen LogP contribution in [0.3, 0.4) is 0 Å². The van der Waals surface area contributed by atoms with E-state index in [1.165, 1.54) is 15.2 Å². The second kappa shape index (κ2) is 6.39. The molecular formula is C17H19N5O3. The number of likely N-dealkylation sites (N-methyl/N-ethyl adjacent to an activating group) is 1. The average molecular weight is 341 g/mol. The number of nitrogens with two attached hydrogens (primary N) is 1. The van der Waals surface area contributed by atoms with Crippen molar-refractivity contribution in [3.8, 4) is 0 Å². The summed E-state index contributed by atoms with van der Waals surface area (Å²) in [6, 6.07) is 7.14. The van der Waals surface area contributed by atoms with Crippen LogP contribution in [-0.2, 0) is 11.3 Å². The molecule has 3 rings (SSSR count). The standard InChI is InChI=1S/C17H19N5O3/c1-3-20(4-2)14(23)10-21-13-8-6-5-7-11(13)16-19-12(15(18)24)9-22(16)17(21)25/h5-9H,3-4,10H2,1-2H3,(H2,18,24). The number of imidazole rings is 1. The number of nitrogens with zero attached hydrogens (tertiary/aromatic N) is 4. The minimum Gasteiger partial charge on any atom is -0.364 e. The molecule has 2 N–H and O–H groups in total. The van der Waals surface area contributed by atoms with E-state index >= 15 is 0 Å². The minimum absolute atomic E-state index is 0.00933. The molecule has 0 aliphatic rings. The molecule has 3 aromatic rings. The van der Waals surface area contributed by atoms with Crippen molar-refractivity contribution in [1.82, 2.24) is 18.9 Å². The SMILES string of the molecule is CCN(CC)C(=O)Cn1c(=O)n2cc(C(N)=O)nc2c2ccccc21. The molecule has 2 heterocycles. The Morgan fingerprint density at radius 3 is 2.52 bits per heavy atom. The lowest BCUT2D eigenvalue weighted by atomic mass is 10.2. The Balaban J connectivity index is 2.26. The van der Waals surface area contributed by atoms with Gasteiger partial charge in [-0.2, -0.15) is 0 Å². The quantitative estimate of drug-likeness (QED) is 0.734. The van der Waals surface area contributed by atoms with Gasteiger partial charge in [-0.1, -0.05) is 12.1 Å². The van der Waals surface area contributed by atoms with Crippen LogP contribution in [0, 0.1) is 0 Å². The highest BCUT2D eigenvalue weighted by atomic mass is 16.2. The van der Waals surface area contributed by atoms with E-state index in [9.17, 15) is 14.4 Å². The number of carbonyl (C=O) groups excluding carboxylic acids is 2. The van der Waals surface area contributed by atoms with E-state index in [0.29, 0.717) is 29.6 Å². The highest BCUT2D eigenvalue weighted by Gasteiger charge is 2.18. The third-order valence-electron chi connectivity index (χ3n) is 4.24. The maximum absolute atomic E-state index is 12.9. The molecule has 1 aromatic carbocycles. The lowest BCUT2D eigenvalue weighted by Gasteiger charge is -2.20. The Hall–Kier alpha value is -3.16. The maximum Gasteiger partial charge on any atom is 0.334 e. The number of fused-ring (bicyclic) bond motifs is 3. The normalized spacial score (nSPS) is 11.1. The van der Waals surface area contributed by atoms with E-state index in [4.69, 9.17) is 5.73 Å². The van der Waals surface area contributed by atoms with Crippen LogP contribution in [0.25, 0.3) is 16.6 Å². The fourth-order valence-electron chi connectivity index (χ4n) is 2.93. The molecule has 0 saturated carbocycles. The van der Waals surface area contributed by atoms with Gasteiger partial charge in [-0.25, -0.2) is 14.2 Å². The first-order chi connectivity index (χ1) is 12.0. The van der Waals surface area contributed by atoms with Crippen LogP contribution in [0.5, 0.6) is 0 Å². The zero-order chi connectivity index (χ0) is 18.1. The van der Waals surface area contributed by atoms with Gasteiger partial charge in [0.2, 0.25) is 5.91 Å². The van der Waals surface area contributed by atoms with Crippen LogP contribution in [0.2, 0.25) is 0 Å². The number of amides is 2. The molecule has 0 unspecified atom stereocenters. The van der Waals surface area contributed by atoms with Crippen LogP contribution in [0.4, 0.5) is 0 Å². The van der Waals surface area contributed by atoms with Crippen molar-refractivity contribution in [3.05, 3.63) is 46.6 Å². The third kappa shape index (κ3) is 2.75. The number of primary amides is 1. The number of aromatic nitrogens is 3. The van der Waals surface area contributed by atoms with Crippen molar-refractivity contribution in [1.29, 1.82) is 0 Å². The lowest BCUT2D eigenvalue weighted by molar-refractivity contribution is -0.131. The molecule has 130 valence electrons. The summed E-state index contributed by atoms with van der Waals surface area (Å²) in [7, 11) is 0. The van der Waals surface area contributed by atoms with E-state index in [1.54, 1.807) is 23.1 Å². The van der Waals surface area contributed by atoms with Crippen molar-refractivity contribution >= 4 is 28.4 Å². The van der Waals surface area contributed by atoms with Gasteiger partial charge in [0.25, 0.3) is 5.91 Å². The summed E-state index contributed by atoms with van der Waals surface area (Å²) in [6.45, 7) is 4.84.